The van der Waals surface area contributed by atoms with Gasteiger partial charge in [-0.2, -0.15) is 0 Å². The van der Waals surface area contributed by atoms with Crippen molar-refractivity contribution in [2.24, 2.45) is 0 Å². The number of hydrogen-bond donors (Lipinski definition) is 0. The standard InChI is InChI=1S/C16H21NO5S/c1-3-22-16(19)17-10-4-5-14(17)15(18)11-23(20,21)13-8-6-12(2)7-9-13/h6-9,14H,3-5,10-11H2,1-2H3. The van der Waals surface area contributed by atoms with E-state index in [9.17, 15) is 18.0 Å². The molecular formula is C16H21NO5S. The van der Waals surface area contributed by atoms with E-state index >= 15 is 0 Å². The van der Waals surface area contributed by atoms with E-state index in [1.54, 1.807) is 19.1 Å². The summed E-state index contributed by atoms with van der Waals surface area (Å²) in [6.45, 7) is 4.18. The lowest BCUT2D eigenvalue weighted by atomic mass is 10.1. The molecule has 1 unspecified atom stereocenters. The molecule has 126 valence electrons. The molecule has 2 rings (SSSR count). The van der Waals surface area contributed by atoms with Crippen LogP contribution in [0, 0.1) is 6.92 Å². The van der Waals surface area contributed by atoms with Gasteiger partial charge in [-0.1, -0.05) is 17.7 Å². The summed E-state index contributed by atoms with van der Waals surface area (Å²) in [5.74, 6) is -1.06. The Balaban J connectivity index is 2.11. The second-order valence-corrected chi connectivity index (χ2v) is 7.58. The molecule has 0 aliphatic carbocycles. The van der Waals surface area contributed by atoms with Gasteiger partial charge in [-0.15, -0.1) is 0 Å². The van der Waals surface area contributed by atoms with Gasteiger partial charge >= 0.3 is 6.09 Å². The van der Waals surface area contributed by atoms with Crippen LogP contribution in [0.2, 0.25) is 0 Å². The van der Waals surface area contributed by atoms with Crippen molar-refractivity contribution >= 4 is 21.7 Å². The summed E-state index contributed by atoms with van der Waals surface area (Å²) < 4.78 is 29.6. The molecule has 0 bridgehead atoms. The smallest absolute Gasteiger partial charge is 0.410 e. The predicted molar refractivity (Wildman–Crippen MR) is 85.0 cm³/mol. The van der Waals surface area contributed by atoms with E-state index in [1.807, 2.05) is 6.92 Å². The average molecular weight is 339 g/mol. The molecular weight excluding hydrogens is 318 g/mol. The Morgan fingerprint density at radius 2 is 1.91 bits per heavy atom. The topological polar surface area (TPSA) is 80.8 Å². The number of benzene rings is 1. The van der Waals surface area contributed by atoms with Gasteiger partial charge in [0.1, 0.15) is 5.75 Å². The monoisotopic (exact) mass is 339 g/mol. The maximum Gasteiger partial charge on any atom is 0.410 e. The molecule has 0 N–H and O–H groups in total. The molecule has 1 atom stereocenters. The molecule has 0 saturated carbocycles. The van der Waals surface area contributed by atoms with Crippen LogP contribution >= 0.6 is 0 Å². The highest BCUT2D eigenvalue weighted by atomic mass is 32.2. The molecule has 0 spiro atoms. The Hall–Kier alpha value is -1.89. The van der Waals surface area contributed by atoms with E-state index in [-0.39, 0.29) is 11.5 Å². The first kappa shape index (κ1) is 17.5. The van der Waals surface area contributed by atoms with E-state index in [0.29, 0.717) is 19.4 Å². The largest absolute Gasteiger partial charge is 0.450 e. The quantitative estimate of drug-likeness (QED) is 0.819. The van der Waals surface area contributed by atoms with Crippen molar-refractivity contribution in [2.75, 3.05) is 18.9 Å². The summed E-state index contributed by atoms with van der Waals surface area (Å²) in [5.41, 5.74) is 0.944. The first-order valence-electron chi connectivity index (χ1n) is 7.60. The molecule has 7 heteroatoms. The van der Waals surface area contributed by atoms with Crippen LogP contribution in [-0.2, 0) is 19.4 Å². The van der Waals surface area contributed by atoms with Gasteiger partial charge < -0.3 is 4.74 Å². The van der Waals surface area contributed by atoms with Gasteiger partial charge in [0.2, 0.25) is 0 Å². The molecule has 1 amide bonds. The Kier molecular flexibility index (Phi) is 5.41. The lowest BCUT2D eigenvalue weighted by molar-refractivity contribution is -0.120. The molecule has 0 aromatic heterocycles. The number of amides is 1. The van der Waals surface area contributed by atoms with Crippen LogP contribution in [0.1, 0.15) is 25.3 Å². The van der Waals surface area contributed by atoms with E-state index in [0.717, 1.165) is 5.56 Å². The van der Waals surface area contributed by atoms with Crippen LogP contribution < -0.4 is 0 Å². The number of carbonyl (C=O) groups is 2. The number of hydrogen-bond acceptors (Lipinski definition) is 5. The number of Topliss-reactive ketones (excluding diaryl/α,β-unsaturated/α-hetero) is 1. The highest BCUT2D eigenvalue weighted by molar-refractivity contribution is 7.92. The zero-order valence-electron chi connectivity index (χ0n) is 13.3. The van der Waals surface area contributed by atoms with Crippen LogP contribution in [-0.4, -0.2) is 50.1 Å². The minimum Gasteiger partial charge on any atom is -0.450 e. The summed E-state index contributed by atoms with van der Waals surface area (Å²) in [6, 6.07) is 5.66. The Bertz CT molecular complexity index is 681. The SMILES string of the molecule is CCOC(=O)N1CCCC1C(=O)CS(=O)(=O)c1ccc(C)cc1. The lowest BCUT2D eigenvalue weighted by Crippen LogP contribution is -2.43. The highest BCUT2D eigenvalue weighted by Gasteiger charge is 2.36. The maximum atomic E-state index is 12.4. The predicted octanol–water partition coefficient (Wildman–Crippen LogP) is 1.96. The van der Waals surface area contributed by atoms with Crippen molar-refractivity contribution in [1.82, 2.24) is 4.90 Å². The average Bonchev–Trinajstić information content (AvgIpc) is 2.97. The van der Waals surface area contributed by atoms with Gasteiger partial charge in [0.25, 0.3) is 0 Å². The first-order chi connectivity index (χ1) is 10.8. The zero-order chi connectivity index (χ0) is 17.0. The third-order valence-electron chi connectivity index (χ3n) is 3.84. The number of nitrogens with zero attached hydrogens (tertiary/aromatic N) is 1. The molecule has 1 aromatic carbocycles. The van der Waals surface area contributed by atoms with Crippen LogP contribution in [0.3, 0.4) is 0 Å². The van der Waals surface area contributed by atoms with E-state index in [2.05, 4.69) is 0 Å². The summed E-state index contributed by atoms with van der Waals surface area (Å²) in [7, 11) is -3.70. The normalized spacial score (nSPS) is 18.0. The fraction of sp³-hybridized carbons (Fsp3) is 0.500. The number of ether oxygens (including phenoxy) is 1. The van der Waals surface area contributed by atoms with Crippen molar-refractivity contribution in [3.63, 3.8) is 0 Å². The number of aryl methyl sites for hydroxylation is 1. The number of likely N-dealkylation sites (tertiary alicyclic amines) is 1. The Morgan fingerprint density at radius 1 is 1.26 bits per heavy atom. The molecule has 1 aromatic rings. The van der Waals surface area contributed by atoms with Crippen LogP contribution in [0.15, 0.2) is 29.2 Å². The van der Waals surface area contributed by atoms with E-state index < -0.39 is 33.5 Å². The molecule has 1 fully saturated rings. The molecule has 1 aliphatic heterocycles. The molecule has 1 aliphatic rings. The van der Waals surface area contributed by atoms with Crippen LogP contribution in [0.5, 0.6) is 0 Å². The summed E-state index contributed by atoms with van der Waals surface area (Å²) in [5, 5.41) is 0. The highest BCUT2D eigenvalue weighted by Crippen LogP contribution is 2.21. The summed E-state index contributed by atoms with van der Waals surface area (Å²) in [4.78, 5) is 25.7. The molecule has 6 nitrogen and oxygen atoms in total. The lowest BCUT2D eigenvalue weighted by Gasteiger charge is -2.22. The molecule has 1 saturated heterocycles. The van der Waals surface area contributed by atoms with Gasteiger partial charge in [0.15, 0.2) is 15.6 Å². The number of ketones is 1. The minimum atomic E-state index is -3.70. The van der Waals surface area contributed by atoms with Crippen molar-refractivity contribution in [2.45, 2.75) is 37.6 Å². The summed E-state index contributed by atoms with van der Waals surface area (Å²) >= 11 is 0. The van der Waals surface area contributed by atoms with Crippen molar-refractivity contribution in [1.29, 1.82) is 0 Å². The van der Waals surface area contributed by atoms with Crippen molar-refractivity contribution < 1.29 is 22.7 Å². The van der Waals surface area contributed by atoms with Crippen LogP contribution in [0.25, 0.3) is 0 Å². The minimum absolute atomic E-state index is 0.122. The fourth-order valence-corrected chi connectivity index (χ4v) is 3.92. The third-order valence-corrected chi connectivity index (χ3v) is 5.49. The fourth-order valence-electron chi connectivity index (χ4n) is 2.64. The van der Waals surface area contributed by atoms with Gasteiger partial charge in [-0.25, -0.2) is 13.2 Å². The van der Waals surface area contributed by atoms with Crippen molar-refractivity contribution in [3.8, 4) is 0 Å². The summed E-state index contributed by atoms with van der Waals surface area (Å²) in [6.07, 6.45) is 0.581. The van der Waals surface area contributed by atoms with Gasteiger partial charge in [0, 0.05) is 6.54 Å². The second kappa shape index (κ2) is 7.12. The van der Waals surface area contributed by atoms with E-state index in [1.165, 1.54) is 17.0 Å². The number of carbonyl (C=O) groups excluding carboxylic acids is 2. The van der Waals surface area contributed by atoms with Gasteiger partial charge in [-0.3, -0.25) is 9.69 Å². The Labute approximate surface area is 136 Å². The molecule has 23 heavy (non-hydrogen) atoms. The first-order valence-corrected chi connectivity index (χ1v) is 9.26. The van der Waals surface area contributed by atoms with Gasteiger partial charge in [0.05, 0.1) is 17.5 Å². The van der Waals surface area contributed by atoms with E-state index in [4.69, 9.17) is 4.74 Å². The zero-order valence-corrected chi connectivity index (χ0v) is 14.1. The van der Waals surface area contributed by atoms with Crippen LogP contribution in [0.4, 0.5) is 4.79 Å². The van der Waals surface area contributed by atoms with Crippen molar-refractivity contribution in [3.05, 3.63) is 29.8 Å². The molecule has 1 heterocycles. The third kappa shape index (κ3) is 4.10. The van der Waals surface area contributed by atoms with Gasteiger partial charge in [-0.05, 0) is 38.8 Å². The maximum absolute atomic E-state index is 12.4. The second-order valence-electron chi connectivity index (χ2n) is 5.59. The Morgan fingerprint density at radius 3 is 2.52 bits per heavy atom. The number of rotatable bonds is 5. The number of sulfone groups is 1. The molecule has 0 radical (unpaired) electrons.